The number of ether oxygens (including phenoxy) is 2. The number of rotatable bonds is 11. The second-order valence-electron chi connectivity index (χ2n) is 17.8. The molecule has 2 aromatic heterocycles. The number of hydrogen-bond acceptors (Lipinski definition) is 13. The van der Waals surface area contributed by atoms with Crippen molar-refractivity contribution in [3.63, 3.8) is 0 Å². The van der Waals surface area contributed by atoms with E-state index in [9.17, 15) is 38.0 Å². The monoisotopic (exact) mass is 957 g/mol. The minimum absolute atomic E-state index is 0.0141. The molecule has 3 N–H and O–H groups in total. The Morgan fingerprint density at radius 1 is 1.04 bits per heavy atom. The van der Waals surface area contributed by atoms with Crippen LogP contribution in [0.15, 0.2) is 53.6 Å². The molecule has 358 valence electrons. The summed E-state index contributed by atoms with van der Waals surface area (Å²) in [7, 11) is -1.02. The number of nitrogens with zero attached hydrogens (tertiary/aromatic N) is 9. The number of carbonyl (C=O) groups excluding carboxylic acids is 3. The van der Waals surface area contributed by atoms with Crippen molar-refractivity contribution in [3.8, 4) is 17.6 Å². The van der Waals surface area contributed by atoms with Gasteiger partial charge < -0.3 is 24.4 Å². The Labute approximate surface area is 388 Å². The smallest absolute Gasteiger partial charge is 0.329 e. The molecule has 0 saturated carbocycles. The molecule has 4 fully saturated rings. The van der Waals surface area contributed by atoms with Gasteiger partial charge in [-0.15, -0.1) is 0 Å². The van der Waals surface area contributed by atoms with Crippen LogP contribution in [-0.2, 0) is 31.6 Å². The van der Waals surface area contributed by atoms with Crippen molar-refractivity contribution in [2.45, 2.75) is 69.1 Å². The number of aromatic nitrogens is 4. The Kier molecular flexibility index (Phi) is 12.1. The lowest BCUT2D eigenvalue weighted by Gasteiger charge is -2.42. The summed E-state index contributed by atoms with van der Waals surface area (Å²) >= 11 is 0. The van der Waals surface area contributed by atoms with E-state index in [1.807, 2.05) is 11.0 Å². The maximum atomic E-state index is 15.7. The van der Waals surface area contributed by atoms with E-state index in [-0.39, 0.29) is 85.9 Å². The minimum atomic E-state index is -4.05. The maximum Gasteiger partial charge on any atom is 0.329 e. The number of hydrogen-bond donors (Lipinski definition) is 3. The Bertz CT molecular complexity index is 3090. The number of fused-ring (bicyclic) bond motifs is 2. The average Bonchev–Trinajstić information content (AvgIpc) is 3.86. The van der Waals surface area contributed by atoms with Gasteiger partial charge in [-0.3, -0.25) is 38.6 Å². The Morgan fingerprint density at radius 3 is 2.50 bits per heavy atom. The number of nitrogens with one attached hydrogen (secondary N) is 2. The fourth-order valence-corrected chi connectivity index (χ4v) is 10.4. The van der Waals surface area contributed by atoms with Gasteiger partial charge in [0.25, 0.3) is 5.56 Å². The Hall–Kier alpha value is -6.74. The lowest BCUT2D eigenvalue weighted by atomic mass is 9.85. The van der Waals surface area contributed by atoms with Gasteiger partial charge in [0.05, 0.1) is 64.4 Å². The molecular formula is C45H49F2N11O9S. The zero-order chi connectivity index (χ0) is 48.3. The van der Waals surface area contributed by atoms with Crippen molar-refractivity contribution in [2.75, 3.05) is 67.4 Å². The quantitative estimate of drug-likeness (QED) is 0.170. The van der Waals surface area contributed by atoms with E-state index in [0.29, 0.717) is 67.5 Å². The van der Waals surface area contributed by atoms with Crippen LogP contribution in [-0.4, -0.2) is 124 Å². The van der Waals surface area contributed by atoms with Crippen LogP contribution in [0.1, 0.15) is 63.5 Å². The number of halogens is 2. The highest BCUT2D eigenvalue weighted by molar-refractivity contribution is 7.90. The fraction of sp³-hybridized carbons (Fsp3) is 0.444. The van der Waals surface area contributed by atoms with Crippen LogP contribution in [0, 0.1) is 23.0 Å². The summed E-state index contributed by atoms with van der Waals surface area (Å²) < 4.78 is 74.8. The van der Waals surface area contributed by atoms with E-state index in [2.05, 4.69) is 20.1 Å². The number of nitriles is 1. The molecule has 3 aromatic carbocycles. The molecule has 4 aliphatic heterocycles. The predicted octanol–water partition coefficient (Wildman–Crippen LogP) is 4.02. The number of piperidine rings is 2. The molecular weight excluding hydrogens is 909 g/mol. The van der Waals surface area contributed by atoms with Gasteiger partial charge in [-0.1, -0.05) is 6.92 Å². The Balaban J connectivity index is 0.813. The van der Waals surface area contributed by atoms with Crippen molar-refractivity contribution in [1.29, 1.82) is 5.26 Å². The number of anilines is 3. The molecule has 0 bridgehead atoms. The molecule has 0 radical (unpaired) electrons. The van der Waals surface area contributed by atoms with Crippen LogP contribution < -0.4 is 30.1 Å². The molecule has 1 spiro atoms. The molecule has 4 amide bonds. The second kappa shape index (κ2) is 17.7. The zero-order valence-corrected chi connectivity index (χ0v) is 38.3. The van der Waals surface area contributed by atoms with Crippen LogP contribution in [0.5, 0.6) is 11.5 Å². The summed E-state index contributed by atoms with van der Waals surface area (Å²) in [6, 6.07) is 10.3. The Morgan fingerprint density at radius 2 is 1.79 bits per heavy atom. The van der Waals surface area contributed by atoms with Crippen LogP contribution >= 0.6 is 0 Å². The largest absolute Gasteiger partial charge is 0.453 e. The fourth-order valence-electron chi connectivity index (χ4n) is 9.50. The SMILES string of the molecule is CCN(C)S(=O)(=O)Nc1ccc(F)c(Oc2ccc3ncn([C@H]4COC5(CCN(C(=O)CC6(O)CCN(c7cc8c(cc7F)c(N7CCC(=O)NC7=O)nn8C)CC6)CC5)C4)c(=O)c3c2)c1C#N. The normalized spacial score (nSPS) is 19.5. The van der Waals surface area contributed by atoms with E-state index in [0.717, 1.165) is 16.4 Å². The van der Waals surface area contributed by atoms with Crippen molar-refractivity contribution in [1.82, 2.24) is 33.9 Å². The van der Waals surface area contributed by atoms with Gasteiger partial charge in [0, 0.05) is 65.2 Å². The molecule has 5 aromatic rings. The van der Waals surface area contributed by atoms with Crippen molar-refractivity contribution in [2.24, 2.45) is 7.05 Å². The minimum Gasteiger partial charge on any atom is -0.453 e. The van der Waals surface area contributed by atoms with Gasteiger partial charge in [0.15, 0.2) is 17.4 Å². The lowest BCUT2D eigenvalue weighted by Crippen LogP contribution is -2.51. The van der Waals surface area contributed by atoms with Crippen molar-refractivity contribution in [3.05, 3.63) is 76.3 Å². The van der Waals surface area contributed by atoms with Gasteiger partial charge in [-0.25, -0.2) is 18.6 Å². The van der Waals surface area contributed by atoms with Crippen LogP contribution in [0.2, 0.25) is 0 Å². The van der Waals surface area contributed by atoms with E-state index < -0.39 is 55.9 Å². The predicted molar refractivity (Wildman–Crippen MR) is 243 cm³/mol. The van der Waals surface area contributed by atoms with E-state index in [4.69, 9.17) is 9.47 Å². The molecule has 20 nitrogen and oxygen atoms in total. The number of imide groups is 1. The molecule has 1 atom stereocenters. The average molecular weight is 958 g/mol. The summed E-state index contributed by atoms with van der Waals surface area (Å²) in [5.74, 6) is -2.30. The molecule has 9 rings (SSSR count). The number of benzene rings is 3. The number of aryl methyl sites for hydroxylation is 1. The van der Waals surface area contributed by atoms with E-state index in [1.54, 1.807) is 29.6 Å². The molecule has 0 unspecified atom stereocenters. The van der Waals surface area contributed by atoms with Gasteiger partial charge >= 0.3 is 16.2 Å². The summed E-state index contributed by atoms with van der Waals surface area (Å²) in [6.45, 7) is 3.46. The number of urea groups is 1. The standard InChI is InChI=1S/C45H49F2N11O9S/c1-4-53(2)68(64,65)52-35-8-6-32(46)40(31(35)24-48)67-28-5-7-34-29(19-28)42(61)58(26-49-34)27-22-45(66-25-27)12-17-56(18-13-45)39(60)23-44(63)10-15-55(16-11-44)37-21-36-30(20-33(37)47)41(51-54(36)3)57-14-9-38(59)50-43(57)62/h5-8,19-21,26-27,52,63H,4,9-18,22-23,25H2,1-3H3,(H,50,59,62)/t27-/m1/s1. The van der Waals surface area contributed by atoms with Crippen LogP contribution in [0.25, 0.3) is 21.8 Å². The van der Waals surface area contributed by atoms with Crippen molar-refractivity contribution < 1.29 is 46.2 Å². The van der Waals surface area contributed by atoms with Crippen molar-refractivity contribution >= 4 is 67.1 Å². The van der Waals surface area contributed by atoms with Gasteiger partial charge in [-0.05, 0) is 74.6 Å². The molecule has 23 heteroatoms. The van der Waals surface area contributed by atoms with Gasteiger partial charge in [0.1, 0.15) is 23.2 Å². The number of carbonyl (C=O) groups is 3. The first-order chi connectivity index (χ1) is 32.4. The highest BCUT2D eigenvalue weighted by atomic mass is 32.2. The van der Waals surface area contributed by atoms with E-state index in [1.165, 1.54) is 47.1 Å². The summed E-state index contributed by atoms with van der Waals surface area (Å²) in [5, 5.41) is 28.8. The first-order valence-corrected chi connectivity index (χ1v) is 23.7. The highest BCUT2D eigenvalue weighted by Crippen LogP contribution is 2.42. The molecule has 4 saturated heterocycles. The third-order valence-corrected chi connectivity index (χ3v) is 15.2. The molecule has 6 heterocycles. The second-order valence-corrected chi connectivity index (χ2v) is 19.6. The van der Waals surface area contributed by atoms with Gasteiger partial charge in [0.2, 0.25) is 11.8 Å². The highest BCUT2D eigenvalue weighted by Gasteiger charge is 2.45. The summed E-state index contributed by atoms with van der Waals surface area (Å²) in [6.07, 6.45) is 3.39. The lowest BCUT2D eigenvalue weighted by molar-refractivity contribution is -0.142. The first kappa shape index (κ1) is 46.4. The van der Waals surface area contributed by atoms with Gasteiger partial charge in [-0.2, -0.15) is 23.1 Å². The van der Waals surface area contributed by atoms with Crippen LogP contribution in [0.4, 0.5) is 30.8 Å². The molecule has 0 aliphatic carbocycles. The number of likely N-dealkylation sites (tertiary alicyclic amines) is 1. The maximum absolute atomic E-state index is 15.7. The molecule has 4 aliphatic rings. The third kappa shape index (κ3) is 8.68. The number of amides is 4. The molecule has 68 heavy (non-hydrogen) atoms. The zero-order valence-electron chi connectivity index (χ0n) is 37.5. The summed E-state index contributed by atoms with van der Waals surface area (Å²) in [5.41, 5.74) is -1.64. The summed E-state index contributed by atoms with van der Waals surface area (Å²) in [4.78, 5) is 61.2. The first-order valence-electron chi connectivity index (χ1n) is 22.2. The topological polar surface area (TPSA) is 238 Å². The van der Waals surface area contributed by atoms with Crippen LogP contribution in [0.3, 0.4) is 0 Å². The number of aliphatic hydroxyl groups is 1. The van der Waals surface area contributed by atoms with E-state index >= 15 is 8.78 Å². The third-order valence-electron chi connectivity index (χ3n) is 13.6.